The van der Waals surface area contributed by atoms with E-state index < -0.39 is 26.7 Å². The molecule has 2 atom stereocenters. The molecule has 0 aromatic rings. The number of hydrogen-bond acceptors (Lipinski definition) is 5. The molecule has 7 heteroatoms. The van der Waals surface area contributed by atoms with Crippen molar-refractivity contribution in [2.75, 3.05) is 25.4 Å². The van der Waals surface area contributed by atoms with Gasteiger partial charge in [0.15, 0.2) is 9.84 Å². The smallest absolute Gasteiger partial charge is 0.237 e. The SMILES string of the molecule is CC1OCCC1S(=O)(=O)CC(=O)N1CCC(=O)CC1. The molecule has 108 valence electrons. The molecule has 2 unspecified atom stereocenters. The van der Waals surface area contributed by atoms with Crippen LogP contribution in [0.3, 0.4) is 0 Å². The zero-order valence-corrected chi connectivity index (χ0v) is 11.8. The van der Waals surface area contributed by atoms with E-state index in [0.717, 1.165) is 0 Å². The van der Waals surface area contributed by atoms with Gasteiger partial charge in [-0.05, 0) is 13.3 Å². The van der Waals surface area contributed by atoms with Crippen LogP contribution in [0.4, 0.5) is 0 Å². The molecule has 0 radical (unpaired) electrons. The van der Waals surface area contributed by atoms with Crippen molar-refractivity contribution in [1.82, 2.24) is 4.90 Å². The van der Waals surface area contributed by atoms with Gasteiger partial charge in [-0.1, -0.05) is 0 Å². The van der Waals surface area contributed by atoms with Gasteiger partial charge in [0, 0.05) is 32.5 Å². The maximum Gasteiger partial charge on any atom is 0.237 e. The van der Waals surface area contributed by atoms with Crippen LogP contribution in [0.2, 0.25) is 0 Å². The fourth-order valence-corrected chi connectivity index (χ4v) is 4.42. The van der Waals surface area contributed by atoms with Crippen LogP contribution in [-0.2, 0) is 24.2 Å². The van der Waals surface area contributed by atoms with E-state index in [-0.39, 0.29) is 11.9 Å². The summed E-state index contributed by atoms with van der Waals surface area (Å²) in [6, 6.07) is 0. The first-order valence-corrected chi connectivity index (χ1v) is 8.24. The number of nitrogens with zero attached hydrogens (tertiary/aromatic N) is 1. The van der Waals surface area contributed by atoms with Gasteiger partial charge < -0.3 is 9.64 Å². The number of ether oxygens (including phenoxy) is 1. The maximum atomic E-state index is 12.2. The molecule has 2 rings (SSSR count). The normalized spacial score (nSPS) is 28.7. The van der Waals surface area contributed by atoms with Crippen molar-refractivity contribution in [2.24, 2.45) is 0 Å². The van der Waals surface area contributed by atoms with Gasteiger partial charge in [-0.25, -0.2) is 8.42 Å². The Balaban J connectivity index is 1.96. The third-order valence-electron chi connectivity index (χ3n) is 3.77. The average molecular weight is 289 g/mol. The second kappa shape index (κ2) is 5.58. The molecule has 19 heavy (non-hydrogen) atoms. The van der Waals surface area contributed by atoms with Crippen LogP contribution < -0.4 is 0 Å². The second-order valence-electron chi connectivity index (χ2n) is 5.13. The summed E-state index contributed by atoms with van der Waals surface area (Å²) in [5, 5.41) is -0.581. The van der Waals surface area contributed by atoms with Crippen molar-refractivity contribution < 1.29 is 22.7 Å². The Hall–Kier alpha value is -0.950. The lowest BCUT2D eigenvalue weighted by atomic mass is 10.1. The number of amides is 1. The predicted molar refractivity (Wildman–Crippen MR) is 68.4 cm³/mol. The number of sulfone groups is 1. The number of Topliss-reactive ketones (excluding diaryl/α,β-unsaturated/α-hetero) is 1. The van der Waals surface area contributed by atoms with E-state index in [2.05, 4.69) is 0 Å². The van der Waals surface area contributed by atoms with E-state index in [1.54, 1.807) is 6.92 Å². The highest BCUT2D eigenvalue weighted by atomic mass is 32.2. The van der Waals surface area contributed by atoms with Crippen molar-refractivity contribution in [3.63, 3.8) is 0 Å². The van der Waals surface area contributed by atoms with Crippen LogP contribution in [0, 0.1) is 0 Å². The summed E-state index contributed by atoms with van der Waals surface area (Å²) < 4.78 is 29.6. The number of piperidine rings is 1. The number of carbonyl (C=O) groups excluding carboxylic acids is 2. The van der Waals surface area contributed by atoms with E-state index in [4.69, 9.17) is 4.74 Å². The lowest BCUT2D eigenvalue weighted by Gasteiger charge is -2.26. The summed E-state index contributed by atoms with van der Waals surface area (Å²) in [7, 11) is -3.47. The topological polar surface area (TPSA) is 80.8 Å². The lowest BCUT2D eigenvalue weighted by Crippen LogP contribution is -2.43. The minimum absolute atomic E-state index is 0.129. The van der Waals surface area contributed by atoms with Crippen LogP contribution in [0.15, 0.2) is 0 Å². The summed E-state index contributed by atoms with van der Waals surface area (Å²) in [5.74, 6) is -0.740. The minimum Gasteiger partial charge on any atom is -0.377 e. The van der Waals surface area contributed by atoms with Crippen LogP contribution in [-0.4, -0.2) is 61.8 Å². The van der Waals surface area contributed by atoms with Crippen LogP contribution in [0.1, 0.15) is 26.2 Å². The maximum absolute atomic E-state index is 12.2. The third kappa shape index (κ3) is 3.33. The van der Waals surface area contributed by atoms with Crippen molar-refractivity contribution >= 4 is 21.5 Å². The van der Waals surface area contributed by atoms with Gasteiger partial charge in [-0.15, -0.1) is 0 Å². The molecule has 0 saturated carbocycles. The Bertz CT molecular complexity index is 463. The zero-order valence-electron chi connectivity index (χ0n) is 11.0. The highest BCUT2D eigenvalue weighted by Crippen LogP contribution is 2.22. The van der Waals surface area contributed by atoms with Gasteiger partial charge in [-0.3, -0.25) is 9.59 Å². The second-order valence-corrected chi connectivity index (χ2v) is 7.35. The largest absolute Gasteiger partial charge is 0.377 e. The summed E-state index contributed by atoms with van der Waals surface area (Å²) >= 11 is 0. The minimum atomic E-state index is -3.47. The Kier molecular flexibility index (Phi) is 4.25. The quantitative estimate of drug-likeness (QED) is 0.717. The Labute approximate surface area is 113 Å². The number of hydrogen-bond donors (Lipinski definition) is 0. The molecule has 2 aliphatic heterocycles. The average Bonchev–Trinajstić information content (AvgIpc) is 2.76. The predicted octanol–water partition coefficient (Wildman–Crippen LogP) is -0.230. The zero-order chi connectivity index (χ0) is 14.0. The van der Waals surface area contributed by atoms with Gasteiger partial charge in [0.2, 0.25) is 5.91 Å². The van der Waals surface area contributed by atoms with E-state index in [9.17, 15) is 18.0 Å². The van der Waals surface area contributed by atoms with Crippen molar-refractivity contribution in [3.8, 4) is 0 Å². The summed E-state index contributed by atoms with van der Waals surface area (Å²) in [5.41, 5.74) is 0. The van der Waals surface area contributed by atoms with Gasteiger partial charge in [0.05, 0.1) is 11.4 Å². The fourth-order valence-electron chi connectivity index (χ4n) is 2.56. The monoisotopic (exact) mass is 289 g/mol. The van der Waals surface area contributed by atoms with Gasteiger partial charge >= 0.3 is 0 Å². The van der Waals surface area contributed by atoms with E-state index in [1.807, 2.05) is 0 Å². The van der Waals surface area contributed by atoms with Gasteiger partial charge in [-0.2, -0.15) is 0 Å². The molecular weight excluding hydrogens is 270 g/mol. The number of likely N-dealkylation sites (tertiary alicyclic amines) is 1. The molecule has 2 aliphatic rings. The first kappa shape index (κ1) is 14.5. The van der Waals surface area contributed by atoms with Crippen LogP contribution in [0.25, 0.3) is 0 Å². The fraction of sp³-hybridized carbons (Fsp3) is 0.833. The van der Waals surface area contributed by atoms with E-state index in [1.165, 1.54) is 4.90 Å². The first-order valence-electron chi connectivity index (χ1n) is 6.53. The van der Waals surface area contributed by atoms with Gasteiger partial charge in [0.1, 0.15) is 11.5 Å². The van der Waals surface area contributed by atoms with Crippen LogP contribution in [0.5, 0.6) is 0 Å². The van der Waals surface area contributed by atoms with E-state index in [0.29, 0.717) is 39.0 Å². The van der Waals surface area contributed by atoms with Crippen molar-refractivity contribution in [3.05, 3.63) is 0 Å². The molecule has 0 N–H and O–H groups in total. The van der Waals surface area contributed by atoms with Gasteiger partial charge in [0.25, 0.3) is 0 Å². The standard InChI is InChI=1S/C12H19NO5S/c1-9-11(4-7-18-9)19(16,17)8-12(15)13-5-2-10(14)3-6-13/h9,11H,2-8H2,1H3. The molecule has 0 bridgehead atoms. The Morgan fingerprint density at radius 1 is 1.37 bits per heavy atom. The van der Waals surface area contributed by atoms with Crippen molar-refractivity contribution in [1.29, 1.82) is 0 Å². The molecular formula is C12H19NO5S. The first-order chi connectivity index (χ1) is 8.90. The third-order valence-corrected chi connectivity index (χ3v) is 5.96. The van der Waals surface area contributed by atoms with Crippen molar-refractivity contribution in [2.45, 2.75) is 37.5 Å². The summed E-state index contributed by atoms with van der Waals surface area (Å²) in [4.78, 5) is 24.5. The number of carbonyl (C=O) groups is 2. The number of rotatable bonds is 3. The molecule has 1 amide bonds. The molecule has 2 fully saturated rings. The Morgan fingerprint density at radius 3 is 2.53 bits per heavy atom. The molecule has 2 saturated heterocycles. The highest BCUT2D eigenvalue weighted by molar-refractivity contribution is 7.92. The summed E-state index contributed by atoms with van der Waals surface area (Å²) in [6.45, 7) is 2.82. The molecule has 2 heterocycles. The van der Waals surface area contributed by atoms with E-state index >= 15 is 0 Å². The molecule has 6 nitrogen and oxygen atoms in total. The van der Waals surface area contributed by atoms with Crippen LogP contribution >= 0.6 is 0 Å². The summed E-state index contributed by atoms with van der Waals surface area (Å²) in [6.07, 6.45) is 0.763. The lowest BCUT2D eigenvalue weighted by molar-refractivity contribution is -0.132. The molecule has 0 aromatic carbocycles. The molecule has 0 aliphatic carbocycles. The molecule has 0 spiro atoms. The highest BCUT2D eigenvalue weighted by Gasteiger charge is 2.38. The Morgan fingerprint density at radius 2 is 2.00 bits per heavy atom. The molecule has 0 aromatic heterocycles. The number of ketones is 1.